The monoisotopic (exact) mass is 345 g/mol. The molecule has 0 aromatic carbocycles. The zero-order chi connectivity index (χ0) is 18.0. The number of ether oxygens (including phenoxy) is 1. The van der Waals surface area contributed by atoms with E-state index in [9.17, 15) is 9.59 Å². The molecule has 0 radical (unpaired) electrons. The van der Waals surface area contributed by atoms with E-state index in [0.29, 0.717) is 37.0 Å². The Hall–Kier alpha value is -2.64. The fourth-order valence-corrected chi connectivity index (χ4v) is 3.18. The molecule has 1 aliphatic heterocycles. The van der Waals surface area contributed by atoms with Gasteiger partial charge in [-0.05, 0) is 31.7 Å². The van der Waals surface area contributed by atoms with Crippen LogP contribution in [0.4, 0.5) is 0 Å². The first-order chi connectivity index (χ1) is 12.0. The number of carbonyl (C=O) groups is 1. The van der Waals surface area contributed by atoms with Gasteiger partial charge in [0.2, 0.25) is 5.88 Å². The van der Waals surface area contributed by atoms with E-state index in [1.807, 2.05) is 11.8 Å². The lowest BCUT2D eigenvalue weighted by Crippen LogP contribution is -2.40. The molecule has 0 N–H and O–H groups in total. The van der Waals surface area contributed by atoms with E-state index >= 15 is 0 Å². The Kier molecular flexibility index (Phi) is 4.87. The first kappa shape index (κ1) is 17.2. The molecule has 2 aromatic rings. The molecule has 0 bridgehead atoms. The van der Waals surface area contributed by atoms with Crippen LogP contribution in [0.25, 0.3) is 0 Å². The molecule has 8 nitrogen and oxygen atoms in total. The van der Waals surface area contributed by atoms with Gasteiger partial charge in [-0.3, -0.25) is 14.3 Å². The second-order valence-electron chi connectivity index (χ2n) is 6.46. The molecule has 0 unspecified atom stereocenters. The molecule has 0 aliphatic carbocycles. The van der Waals surface area contributed by atoms with Crippen LogP contribution < -0.4 is 10.3 Å². The Labute approximate surface area is 146 Å². The first-order valence-corrected chi connectivity index (χ1v) is 8.39. The van der Waals surface area contributed by atoms with E-state index in [1.165, 1.54) is 11.8 Å². The van der Waals surface area contributed by atoms with Crippen molar-refractivity contribution in [3.05, 3.63) is 39.9 Å². The van der Waals surface area contributed by atoms with Crippen LogP contribution in [-0.4, -0.2) is 50.6 Å². The standard InChI is InChI=1S/C17H23N5O3/c1-12-4-5-15(23)22(18-12)10-13-6-8-21(9-7-13)17(24)14-11-20(2)19-16(14)25-3/h4-5,11,13H,6-10H2,1-3H3. The van der Waals surface area contributed by atoms with Gasteiger partial charge in [0.05, 0.1) is 12.8 Å². The highest BCUT2D eigenvalue weighted by atomic mass is 16.5. The lowest BCUT2D eigenvalue weighted by atomic mass is 9.96. The van der Waals surface area contributed by atoms with Crippen molar-refractivity contribution in [2.75, 3.05) is 20.2 Å². The maximum absolute atomic E-state index is 12.7. The minimum atomic E-state index is -0.0794. The normalized spacial score (nSPS) is 15.4. The number of aromatic nitrogens is 4. The number of likely N-dealkylation sites (tertiary alicyclic amines) is 1. The van der Waals surface area contributed by atoms with Crippen LogP contribution in [0.1, 0.15) is 28.9 Å². The van der Waals surface area contributed by atoms with Crippen molar-refractivity contribution >= 4 is 5.91 Å². The predicted octanol–water partition coefficient (Wildman–Crippen LogP) is 0.846. The molecule has 0 saturated carbocycles. The van der Waals surface area contributed by atoms with Gasteiger partial charge in [-0.2, -0.15) is 5.10 Å². The quantitative estimate of drug-likeness (QED) is 0.820. The molecular formula is C17H23N5O3. The molecule has 1 saturated heterocycles. The fraction of sp³-hybridized carbons (Fsp3) is 0.529. The molecule has 25 heavy (non-hydrogen) atoms. The summed E-state index contributed by atoms with van der Waals surface area (Å²) < 4.78 is 8.28. The largest absolute Gasteiger partial charge is 0.479 e. The Bertz CT molecular complexity index is 818. The summed E-state index contributed by atoms with van der Waals surface area (Å²) in [6.07, 6.45) is 3.37. The van der Waals surface area contributed by atoms with Crippen LogP contribution in [0, 0.1) is 12.8 Å². The van der Waals surface area contributed by atoms with Crippen LogP contribution in [0.5, 0.6) is 5.88 Å². The lowest BCUT2D eigenvalue weighted by Gasteiger charge is -2.31. The summed E-state index contributed by atoms with van der Waals surface area (Å²) in [5, 5.41) is 8.42. The van der Waals surface area contributed by atoms with Gasteiger partial charge in [0.1, 0.15) is 5.56 Å². The Morgan fingerprint density at radius 2 is 2.00 bits per heavy atom. The van der Waals surface area contributed by atoms with Gasteiger partial charge in [-0.15, -0.1) is 5.10 Å². The predicted molar refractivity (Wildman–Crippen MR) is 91.6 cm³/mol. The smallest absolute Gasteiger partial charge is 0.266 e. The topological polar surface area (TPSA) is 82.2 Å². The number of hydrogen-bond donors (Lipinski definition) is 0. The summed E-state index contributed by atoms with van der Waals surface area (Å²) in [5.41, 5.74) is 1.24. The van der Waals surface area contributed by atoms with E-state index in [1.54, 1.807) is 30.1 Å². The molecule has 1 amide bonds. The van der Waals surface area contributed by atoms with E-state index in [-0.39, 0.29) is 11.5 Å². The van der Waals surface area contributed by atoms with Crippen molar-refractivity contribution in [1.82, 2.24) is 24.5 Å². The highest BCUT2D eigenvalue weighted by molar-refractivity contribution is 5.96. The highest BCUT2D eigenvalue weighted by Crippen LogP contribution is 2.23. The number of nitrogens with zero attached hydrogens (tertiary/aromatic N) is 5. The van der Waals surface area contributed by atoms with Crippen LogP contribution in [0.15, 0.2) is 23.1 Å². The summed E-state index contributed by atoms with van der Waals surface area (Å²) in [6.45, 7) is 3.78. The fourth-order valence-electron chi connectivity index (χ4n) is 3.18. The Balaban J connectivity index is 1.62. The maximum Gasteiger partial charge on any atom is 0.266 e. The molecule has 1 fully saturated rings. The maximum atomic E-state index is 12.7. The summed E-state index contributed by atoms with van der Waals surface area (Å²) in [6, 6.07) is 3.27. The van der Waals surface area contributed by atoms with Crippen molar-refractivity contribution in [3.63, 3.8) is 0 Å². The number of methoxy groups -OCH3 is 1. The number of hydrogen-bond acceptors (Lipinski definition) is 5. The third-order valence-corrected chi connectivity index (χ3v) is 4.55. The van der Waals surface area contributed by atoms with Crippen LogP contribution in [0.3, 0.4) is 0 Å². The lowest BCUT2D eigenvalue weighted by molar-refractivity contribution is 0.0677. The van der Waals surface area contributed by atoms with Crippen molar-refractivity contribution in [3.8, 4) is 5.88 Å². The van der Waals surface area contributed by atoms with E-state index in [2.05, 4.69) is 10.2 Å². The number of carbonyl (C=O) groups excluding carboxylic acids is 1. The zero-order valence-electron chi connectivity index (χ0n) is 14.8. The van der Waals surface area contributed by atoms with Crippen molar-refractivity contribution in [2.45, 2.75) is 26.3 Å². The van der Waals surface area contributed by atoms with Crippen molar-refractivity contribution < 1.29 is 9.53 Å². The van der Waals surface area contributed by atoms with Gasteiger partial charge in [-0.25, -0.2) is 4.68 Å². The molecule has 8 heteroatoms. The van der Waals surface area contributed by atoms with E-state index in [0.717, 1.165) is 18.5 Å². The van der Waals surface area contributed by atoms with E-state index < -0.39 is 0 Å². The molecule has 0 spiro atoms. The summed E-state index contributed by atoms with van der Waals surface area (Å²) in [5.74, 6) is 0.631. The number of aryl methyl sites for hydroxylation is 2. The van der Waals surface area contributed by atoms with Gasteiger partial charge in [0.25, 0.3) is 11.5 Å². The van der Waals surface area contributed by atoms with Gasteiger partial charge >= 0.3 is 0 Å². The molecule has 3 rings (SSSR count). The second kappa shape index (κ2) is 7.08. The first-order valence-electron chi connectivity index (χ1n) is 8.39. The molecule has 2 aromatic heterocycles. The van der Waals surface area contributed by atoms with E-state index in [4.69, 9.17) is 4.74 Å². The summed E-state index contributed by atoms with van der Waals surface area (Å²) in [7, 11) is 3.27. The minimum absolute atomic E-state index is 0.0609. The second-order valence-corrected chi connectivity index (χ2v) is 6.46. The number of amides is 1. The number of rotatable bonds is 4. The van der Waals surface area contributed by atoms with Crippen molar-refractivity contribution in [2.24, 2.45) is 13.0 Å². The average Bonchev–Trinajstić information content (AvgIpc) is 2.99. The highest BCUT2D eigenvalue weighted by Gasteiger charge is 2.27. The number of piperidine rings is 1. The minimum Gasteiger partial charge on any atom is -0.479 e. The van der Waals surface area contributed by atoms with Crippen LogP contribution in [0.2, 0.25) is 0 Å². The van der Waals surface area contributed by atoms with Gasteiger partial charge in [-0.1, -0.05) is 0 Å². The molecular weight excluding hydrogens is 322 g/mol. The molecule has 0 atom stereocenters. The molecule has 3 heterocycles. The molecule has 1 aliphatic rings. The average molecular weight is 345 g/mol. The Morgan fingerprint density at radius 3 is 2.68 bits per heavy atom. The molecule has 134 valence electrons. The summed E-state index contributed by atoms with van der Waals surface area (Å²) in [4.78, 5) is 26.4. The third-order valence-electron chi connectivity index (χ3n) is 4.55. The van der Waals surface area contributed by atoms with Gasteiger partial charge in [0.15, 0.2) is 0 Å². The SMILES string of the molecule is COc1nn(C)cc1C(=O)N1CCC(Cn2nc(C)ccc2=O)CC1. The van der Waals surface area contributed by atoms with Crippen molar-refractivity contribution in [1.29, 1.82) is 0 Å². The summed E-state index contributed by atoms with van der Waals surface area (Å²) >= 11 is 0. The van der Waals surface area contributed by atoms with Gasteiger partial charge < -0.3 is 9.64 Å². The third kappa shape index (κ3) is 3.72. The van der Waals surface area contributed by atoms with Crippen LogP contribution in [-0.2, 0) is 13.6 Å². The van der Waals surface area contributed by atoms with Gasteiger partial charge in [0, 0.05) is 38.9 Å². The van der Waals surface area contributed by atoms with Crippen LogP contribution >= 0.6 is 0 Å². The Morgan fingerprint density at radius 1 is 1.28 bits per heavy atom. The zero-order valence-corrected chi connectivity index (χ0v) is 14.8.